The van der Waals surface area contributed by atoms with Gasteiger partial charge in [0, 0.05) is 30.8 Å². The first-order chi connectivity index (χ1) is 12.6. The quantitative estimate of drug-likeness (QED) is 0.913. The van der Waals surface area contributed by atoms with E-state index in [9.17, 15) is 14.0 Å². The van der Waals surface area contributed by atoms with Crippen LogP contribution in [0.1, 0.15) is 36.2 Å². The first-order valence-corrected chi connectivity index (χ1v) is 8.92. The Hall–Kier alpha value is -2.70. The standard InChI is InChI=1S/C19H20FN3O3/c20-14-5-3-12(4-6-14)17-10-16(22-26-17)19(25)23-9-1-2-13(11-23)18(24)21-15-7-8-15/h3-6,10,13,15H,1-2,7-9,11H2,(H,21,24)/t13-/m1/s1. The summed E-state index contributed by atoms with van der Waals surface area (Å²) < 4.78 is 18.3. The van der Waals surface area contributed by atoms with Crippen LogP contribution in [-0.2, 0) is 4.79 Å². The van der Waals surface area contributed by atoms with Crippen molar-refractivity contribution in [2.45, 2.75) is 31.7 Å². The Bertz CT molecular complexity index is 814. The molecule has 1 saturated heterocycles. The van der Waals surface area contributed by atoms with Crippen molar-refractivity contribution in [3.05, 3.63) is 41.8 Å². The summed E-state index contributed by atoms with van der Waals surface area (Å²) in [6.07, 6.45) is 3.68. The van der Waals surface area contributed by atoms with Gasteiger partial charge in [-0.05, 0) is 49.9 Å². The number of carbonyl (C=O) groups is 2. The summed E-state index contributed by atoms with van der Waals surface area (Å²) in [6, 6.07) is 7.68. The summed E-state index contributed by atoms with van der Waals surface area (Å²) >= 11 is 0. The van der Waals surface area contributed by atoms with Gasteiger partial charge in [-0.15, -0.1) is 0 Å². The molecule has 136 valence electrons. The lowest BCUT2D eigenvalue weighted by atomic mass is 9.96. The lowest BCUT2D eigenvalue weighted by Crippen LogP contribution is -2.46. The van der Waals surface area contributed by atoms with Crippen LogP contribution in [0.25, 0.3) is 11.3 Å². The van der Waals surface area contributed by atoms with Crippen LogP contribution in [0.2, 0.25) is 0 Å². The van der Waals surface area contributed by atoms with E-state index in [4.69, 9.17) is 4.52 Å². The number of nitrogens with one attached hydrogen (secondary N) is 1. The van der Waals surface area contributed by atoms with Crippen molar-refractivity contribution in [1.29, 1.82) is 0 Å². The Morgan fingerprint density at radius 2 is 1.96 bits per heavy atom. The summed E-state index contributed by atoms with van der Waals surface area (Å²) in [6.45, 7) is 1.00. The maximum absolute atomic E-state index is 13.0. The number of hydrogen-bond donors (Lipinski definition) is 1. The molecule has 2 fully saturated rings. The minimum absolute atomic E-state index is 0.0390. The molecule has 1 aliphatic heterocycles. The molecule has 0 unspecified atom stereocenters. The summed E-state index contributed by atoms with van der Waals surface area (Å²) in [5.41, 5.74) is 0.853. The van der Waals surface area contributed by atoms with Crippen molar-refractivity contribution in [1.82, 2.24) is 15.4 Å². The molecule has 1 atom stereocenters. The highest BCUT2D eigenvalue weighted by Gasteiger charge is 2.33. The fourth-order valence-electron chi connectivity index (χ4n) is 3.21. The predicted molar refractivity (Wildman–Crippen MR) is 91.7 cm³/mol. The van der Waals surface area contributed by atoms with Gasteiger partial charge in [0.2, 0.25) is 5.91 Å². The smallest absolute Gasteiger partial charge is 0.276 e. The second kappa shape index (κ2) is 6.90. The predicted octanol–water partition coefficient (Wildman–Crippen LogP) is 2.61. The third kappa shape index (κ3) is 3.61. The minimum atomic E-state index is -0.339. The van der Waals surface area contributed by atoms with Crippen LogP contribution in [0.4, 0.5) is 4.39 Å². The number of amides is 2. The van der Waals surface area contributed by atoms with Crippen LogP contribution in [0.5, 0.6) is 0 Å². The Morgan fingerprint density at radius 3 is 2.69 bits per heavy atom. The highest BCUT2D eigenvalue weighted by Crippen LogP contribution is 2.25. The molecule has 2 aliphatic rings. The molecule has 1 saturated carbocycles. The molecule has 2 amide bonds. The van der Waals surface area contributed by atoms with Crippen LogP contribution in [0.15, 0.2) is 34.9 Å². The number of benzene rings is 1. The van der Waals surface area contributed by atoms with Crippen LogP contribution in [-0.4, -0.2) is 41.0 Å². The molecule has 1 aromatic heterocycles. The first-order valence-electron chi connectivity index (χ1n) is 8.92. The van der Waals surface area contributed by atoms with E-state index in [0.717, 1.165) is 25.7 Å². The van der Waals surface area contributed by atoms with E-state index in [1.165, 1.54) is 12.1 Å². The molecule has 1 N–H and O–H groups in total. The summed E-state index contributed by atoms with van der Waals surface area (Å²) in [5.74, 6) is -0.304. The Balaban J connectivity index is 1.43. The second-order valence-corrected chi connectivity index (χ2v) is 6.96. The number of likely N-dealkylation sites (tertiary alicyclic amines) is 1. The van der Waals surface area contributed by atoms with Crippen LogP contribution in [0, 0.1) is 11.7 Å². The SMILES string of the molecule is O=C(NC1CC1)[C@@H]1CCCN(C(=O)c2cc(-c3ccc(F)cc3)on2)C1. The van der Waals surface area contributed by atoms with Gasteiger partial charge in [-0.3, -0.25) is 9.59 Å². The number of nitrogens with zero attached hydrogens (tertiary/aromatic N) is 2. The molecule has 2 aromatic rings. The van der Waals surface area contributed by atoms with Crippen molar-refractivity contribution in [3.8, 4) is 11.3 Å². The van der Waals surface area contributed by atoms with Gasteiger partial charge in [0.1, 0.15) is 5.82 Å². The first kappa shape index (κ1) is 16.8. The maximum atomic E-state index is 13.0. The molecule has 2 heterocycles. The van der Waals surface area contributed by atoms with Crippen molar-refractivity contribution >= 4 is 11.8 Å². The van der Waals surface area contributed by atoms with E-state index < -0.39 is 0 Å². The zero-order valence-corrected chi connectivity index (χ0v) is 14.3. The minimum Gasteiger partial charge on any atom is -0.355 e. The monoisotopic (exact) mass is 357 g/mol. The number of hydrogen-bond acceptors (Lipinski definition) is 4. The molecule has 7 heteroatoms. The van der Waals surface area contributed by atoms with E-state index in [1.54, 1.807) is 23.1 Å². The van der Waals surface area contributed by atoms with Crippen molar-refractivity contribution in [2.24, 2.45) is 5.92 Å². The number of rotatable bonds is 4. The zero-order chi connectivity index (χ0) is 18.1. The van der Waals surface area contributed by atoms with E-state index in [2.05, 4.69) is 10.5 Å². The topological polar surface area (TPSA) is 75.4 Å². The van der Waals surface area contributed by atoms with Crippen LogP contribution in [0.3, 0.4) is 0 Å². The highest BCUT2D eigenvalue weighted by atomic mass is 19.1. The molecule has 1 aromatic carbocycles. The fourth-order valence-corrected chi connectivity index (χ4v) is 3.21. The summed E-state index contributed by atoms with van der Waals surface area (Å²) in [7, 11) is 0. The number of aromatic nitrogens is 1. The summed E-state index contributed by atoms with van der Waals surface area (Å²) in [5, 5.41) is 6.87. The van der Waals surface area contributed by atoms with Gasteiger partial charge in [-0.25, -0.2) is 4.39 Å². The molecule has 1 aliphatic carbocycles. The molecule has 0 bridgehead atoms. The zero-order valence-electron chi connectivity index (χ0n) is 14.3. The molecular formula is C19H20FN3O3. The van der Waals surface area contributed by atoms with Crippen LogP contribution >= 0.6 is 0 Å². The molecular weight excluding hydrogens is 337 g/mol. The third-order valence-corrected chi connectivity index (χ3v) is 4.86. The average Bonchev–Trinajstić information content (AvgIpc) is 3.34. The Morgan fingerprint density at radius 1 is 1.19 bits per heavy atom. The molecule has 0 radical (unpaired) electrons. The lowest BCUT2D eigenvalue weighted by molar-refractivity contribution is -0.126. The number of carbonyl (C=O) groups excluding carboxylic acids is 2. The van der Waals surface area contributed by atoms with Crippen molar-refractivity contribution in [3.63, 3.8) is 0 Å². The van der Waals surface area contributed by atoms with Gasteiger partial charge < -0.3 is 14.7 Å². The van der Waals surface area contributed by atoms with E-state index in [1.807, 2.05) is 0 Å². The van der Waals surface area contributed by atoms with Crippen molar-refractivity contribution in [2.75, 3.05) is 13.1 Å². The van der Waals surface area contributed by atoms with Gasteiger partial charge in [-0.1, -0.05) is 5.16 Å². The van der Waals surface area contributed by atoms with E-state index >= 15 is 0 Å². The van der Waals surface area contributed by atoms with E-state index in [-0.39, 0.29) is 29.2 Å². The number of halogens is 1. The third-order valence-electron chi connectivity index (χ3n) is 4.86. The van der Waals surface area contributed by atoms with Crippen molar-refractivity contribution < 1.29 is 18.5 Å². The Labute approximate surface area is 150 Å². The molecule has 6 nitrogen and oxygen atoms in total. The van der Waals surface area contributed by atoms with Gasteiger partial charge in [-0.2, -0.15) is 0 Å². The second-order valence-electron chi connectivity index (χ2n) is 6.96. The normalized spacial score (nSPS) is 20.0. The van der Waals surface area contributed by atoms with Gasteiger partial charge in [0.05, 0.1) is 5.92 Å². The Kier molecular flexibility index (Phi) is 4.44. The largest absolute Gasteiger partial charge is 0.355 e. The van der Waals surface area contributed by atoms with Gasteiger partial charge in [0.25, 0.3) is 5.91 Å². The highest BCUT2D eigenvalue weighted by molar-refractivity contribution is 5.93. The van der Waals surface area contributed by atoms with Gasteiger partial charge in [0.15, 0.2) is 11.5 Å². The fraction of sp³-hybridized carbons (Fsp3) is 0.421. The van der Waals surface area contributed by atoms with E-state index in [0.29, 0.717) is 30.5 Å². The maximum Gasteiger partial charge on any atom is 0.276 e. The molecule has 4 rings (SSSR count). The molecule has 0 spiro atoms. The number of piperidine rings is 1. The van der Waals surface area contributed by atoms with Gasteiger partial charge >= 0.3 is 0 Å². The lowest BCUT2D eigenvalue weighted by Gasteiger charge is -2.31. The van der Waals surface area contributed by atoms with Crippen LogP contribution < -0.4 is 5.32 Å². The average molecular weight is 357 g/mol. The molecule has 26 heavy (non-hydrogen) atoms. The summed E-state index contributed by atoms with van der Waals surface area (Å²) in [4.78, 5) is 26.6.